The van der Waals surface area contributed by atoms with Crippen molar-refractivity contribution >= 4 is 5.71 Å². The van der Waals surface area contributed by atoms with Crippen LogP contribution in [0.5, 0.6) is 0 Å². The molecule has 0 aromatic rings. The number of nitrogens with one attached hydrogen (secondary N) is 1. The van der Waals surface area contributed by atoms with Crippen LogP contribution in [0.15, 0.2) is 12.2 Å². The second-order valence-corrected chi connectivity index (χ2v) is 2.29. The Labute approximate surface area is 64.7 Å². The van der Waals surface area contributed by atoms with Crippen LogP contribution in [0.25, 0.3) is 0 Å². The van der Waals surface area contributed by atoms with E-state index in [1.807, 2.05) is 26.0 Å². The fourth-order valence-electron chi connectivity index (χ4n) is 0.337. The quantitative estimate of drug-likeness (QED) is 0.571. The van der Waals surface area contributed by atoms with E-state index in [1.165, 1.54) is 0 Å². The molecule has 0 atom stereocenters. The summed E-state index contributed by atoms with van der Waals surface area (Å²) >= 11 is 0. The predicted molar refractivity (Wildman–Crippen MR) is 48.7 cm³/mol. The molecule has 0 aromatic carbocycles. The molecule has 1 N–H and O–H groups in total. The Kier molecular flexibility index (Phi) is 10.2. The summed E-state index contributed by atoms with van der Waals surface area (Å²) in [5.41, 5.74) is 0.624. The van der Waals surface area contributed by atoms with Crippen LogP contribution in [-0.2, 0) is 0 Å². The zero-order valence-electron chi connectivity index (χ0n) is 7.73. The summed E-state index contributed by atoms with van der Waals surface area (Å²) in [5.74, 6) is 0.565. The van der Waals surface area contributed by atoms with Crippen molar-refractivity contribution < 1.29 is 0 Å². The molecule has 0 aliphatic heterocycles. The molecule has 0 saturated heterocycles. The van der Waals surface area contributed by atoms with Gasteiger partial charge in [0.05, 0.1) is 0 Å². The zero-order valence-corrected chi connectivity index (χ0v) is 7.73. The molecular weight excluding hydrogens is 122 g/mol. The van der Waals surface area contributed by atoms with Crippen LogP contribution in [0.2, 0.25) is 0 Å². The number of hydrogen-bond donors (Lipinski definition) is 1. The van der Waals surface area contributed by atoms with E-state index in [-0.39, 0.29) is 0 Å². The molecular formula is C9H19N. The van der Waals surface area contributed by atoms with Crippen molar-refractivity contribution in [1.82, 2.24) is 0 Å². The van der Waals surface area contributed by atoms with Gasteiger partial charge in [-0.2, -0.15) is 0 Å². The Morgan fingerprint density at radius 3 is 1.80 bits per heavy atom. The van der Waals surface area contributed by atoms with Crippen LogP contribution in [0.4, 0.5) is 0 Å². The third kappa shape index (κ3) is 15.7. The van der Waals surface area contributed by atoms with Gasteiger partial charge in [-0.25, -0.2) is 0 Å². The first-order chi connectivity index (χ1) is 4.63. The minimum atomic E-state index is 0.565. The summed E-state index contributed by atoms with van der Waals surface area (Å²) in [6, 6.07) is 0. The van der Waals surface area contributed by atoms with E-state index in [0.717, 1.165) is 0 Å². The van der Waals surface area contributed by atoms with Crippen LogP contribution >= 0.6 is 0 Å². The number of rotatable bonds is 2. The number of hydrogen-bond acceptors (Lipinski definition) is 1. The Hall–Kier alpha value is -0.590. The molecule has 0 rings (SSSR count). The van der Waals surface area contributed by atoms with Gasteiger partial charge >= 0.3 is 0 Å². The first-order valence-corrected chi connectivity index (χ1v) is 3.86. The van der Waals surface area contributed by atoms with Gasteiger partial charge in [0.2, 0.25) is 0 Å². The highest BCUT2D eigenvalue weighted by Gasteiger charge is 1.81. The molecule has 10 heavy (non-hydrogen) atoms. The predicted octanol–water partition coefficient (Wildman–Crippen LogP) is 3.26. The van der Waals surface area contributed by atoms with Crippen molar-refractivity contribution in [3.8, 4) is 0 Å². The summed E-state index contributed by atoms with van der Waals surface area (Å²) in [7, 11) is 0. The molecule has 1 nitrogen and oxygen atoms in total. The summed E-state index contributed by atoms with van der Waals surface area (Å²) in [6.07, 6.45) is 3.84. The Balaban J connectivity index is 0. The lowest BCUT2D eigenvalue weighted by Gasteiger charge is -1.90. The lowest BCUT2D eigenvalue weighted by Crippen LogP contribution is -1.82. The van der Waals surface area contributed by atoms with Crippen molar-refractivity contribution in [2.75, 3.05) is 0 Å². The summed E-state index contributed by atoms with van der Waals surface area (Å²) in [6.45, 7) is 9.97. The summed E-state index contributed by atoms with van der Waals surface area (Å²) in [5, 5.41) is 7.00. The Morgan fingerprint density at radius 1 is 1.30 bits per heavy atom. The van der Waals surface area contributed by atoms with Gasteiger partial charge in [0.25, 0.3) is 0 Å². The van der Waals surface area contributed by atoms with Gasteiger partial charge in [-0.05, 0) is 18.9 Å². The second kappa shape index (κ2) is 8.41. The average Bonchev–Trinajstić information content (AvgIpc) is 1.89. The molecule has 0 bridgehead atoms. The van der Waals surface area contributed by atoms with Crippen molar-refractivity contribution in [2.45, 2.75) is 34.6 Å². The normalized spacial score (nSPS) is 9.40. The largest absolute Gasteiger partial charge is 0.306 e. The maximum absolute atomic E-state index is 7.00. The minimum absolute atomic E-state index is 0.565. The lowest BCUT2D eigenvalue weighted by molar-refractivity contribution is 0.832. The fourth-order valence-corrected chi connectivity index (χ4v) is 0.337. The van der Waals surface area contributed by atoms with Crippen LogP contribution in [0, 0.1) is 11.3 Å². The molecule has 0 aliphatic rings. The first-order valence-electron chi connectivity index (χ1n) is 3.86. The maximum Gasteiger partial charge on any atom is 0.0279 e. The zero-order chi connectivity index (χ0) is 8.57. The van der Waals surface area contributed by atoms with E-state index in [1.54, 1.807) is 6.92 Å². The SMILES string of the molecule is CC.CC(=N)/C=C\C(C)C. The van der Waals surface area contributed by atoms with Crippen molar-refractivity contribution in [3.63, 3.8) is 0 Å². The van der Waals surface area contributed by atoms with E-state index in [9.17, 15) is 0 Å². The molecule has 0 radical (unpaired) electrons. The molecule has 60 valence electrons. The summed E-state index contributed by atoms with van der Waals surface area (Å²) in [4.78, 5) is 0. The minimum Gasteiger partial charge on any atom is -0.306 e. The monoisotopic (exact) mass is 141 g/mol. The van der Waals surface area contributed by atoms with Crippen molar-refractivity contribution in [2.24, 2.45) is 5.92 Å². The van der Waals surface area contributed by atoms with Gasteiger partial charge in [0.1, 0.15) is 0 Å². The van der Waals surface area contributed by atoms with E-state index >= 15 is 0 Å². The Morgan fingerprint density at radius 2 is 1.70 bits per heavy atom. The molecule has 0 amide bonds. The van der Waals surface area contributed by atoms with E-state index < -0.39 is 0 Å². The average molecular weight is 141 g/mol. The van der Waals surface area contributed by atoms with Gasteiger partial charge in [-0.1, -0.05) is 33.8 Å². The topological polar surface area (TPSA) is 23.9 Å². The van der Waals surface area contributed by atoms with E-state index in [4.69, 9.17) is 5.41 Å². The van der Waals surface area contributed by atoms with Crippen molar-refractivity contribution in [3.05, 3.63) is 12.2 Å². The van der Waals surface area contributed by atoms with Crippen molar-refractivity contribution in [1.29, 1.82) is 5.41 Å². The van der Waals surface area contributed by atoms with E-state index in [2.05, 4.69) is 13.8 Å². The van der Waals surface area contributed by atoms with Gasteiger partial charge in [0.15, 0.2) is 0 Å². The van der Waals surface area contributed by atoms with Crippen LogP contribution in [0.3, 0.4) is 0 Å². The second-order valence-electron chi connectivity index (χ2n) is 2.29. The fraction of sp³-hybridized carbons (Fsp3) is 0.667. The van der Waals surface area contributed by atoms with Gasteiger partial charge in [-0.15, -0.1) is 0 Å². The van der Waals surface area contributed by atoms with Crippen LogP contribution < -0.4 is 0 Å². The first kappa shape index (κ1) is 12.1. The maximum atomic E-state index is 7.00. The highest BCUT2D eigenvalue weighted by atomic mass is 14.4. The molecule has 0 heterocycles. The van der Waals surface area contributed by atoms with Gasteiger partial charge < -0.3 is 5.41 Å². The third-order valence-electron chi connectivity index (χ3n) is 0.731. The number of allylic oxidation sites excluding steroid dienone is 2. The molecule has 0 saturated carbocycles. The lowest BCUT2D eigenvalue weighted by atomic mass is 10.2. The van der Waals surface area contributed by atoms with Gasteiger partial charge in [-0.3, -0.25) is 0 Å². The van der Waals surface area contributed by atoms with E-state index in [0.29, 0.717) is 11.6 Å². The highest BCUT2D eigenvalue weighted by molar-refractivity contribution is 5.89. The molecule has 0 aliphatic carbocycles. The molecule has 0 fully saturated rings. The Bertz CT molecular complexity index is 101. The third-order valence-corrected chi connectivity index (χ3v) is 0.731. The molecule has 0 aromatic heterocycles. The summed E-state index contributed by atoms with van der Waals surface area (Å²) < 4.78 is 0. The molecule has 0 spiro atoms. The molecule has 0 unspecified atom stereocenters. The van der Waals surface area contributed by atoms with Gasteiger partial charge in [0, 0.05) is 5.71 Å². The van der Waals surface area contributed by atoms with Crippen LogP contribution in [-0.4, -0.2) is 5.71 Å². The smallest absolute Gasteiger partial charge is 0.0279 e. The molecule has 1 heteroatoms. The highest BCUT2D eigenvalue weighted by Crippen LogP contribution is 1.92. The standard InChI is InChI=1S/C7H13N.C2H6/c1-6(2)4-5-7(3)8;1-2/h4-6,8H,1-3H3;1-2H3/b5-4-,8-7?;. The van der Waals surface area contributed by atoms with Crippen LogP contribution in [0.1, 0.15) is 34.6 Å².